The standard InChI is InChI=1S/C8H12N2O5/c1-4(11)10-3-2-9-5(7(12)13)6(10)8(14)15/h5-6,9H,2-3H2,1H3,(H,12,13)(H,14,15). The summed E-state index contributed by atoms with van der Waals surface area (Å²) in [5.41, 5.74) is 0. The summed E-state index contributed by atoms with van der Waals surface area (Å²) in [5.74, 6) is -3.02. The van der Waals surface area contributed by atoms with Crippen molar-refractivity contribution < 1.29 is 24.6 Å². The lowest BCUT2D eigenvalue weighted by Gasteiger charge is -2.36. The average Bonchev–Trinajstić information content (AvgIpc) is 2.16. The third-order valence-electron chi connectivity index (χ3n) is 2.29. The van der Waals surface area contributed by atoms with Crippen molar-refractivity contribution in [1.82, 2.24) is 10.2 Å². The zero-order valence-electron chi connectivity index (χ0n) is 8.14. The highest BCUT2D eigenvalue weighted by atomic mass is 16.4. The van der Waals surface area contributed by atoms with Crippen molar-refractivity contribution in [3.63, 3.8) is 0 Å². The van der Waals surface area contributed by atoms with Crippen molar-refractivity contribution >= 4 is 17.8 Å². The molecule has 1 heterocycles. The molecule has 84 valence electrons. The van der Waals surface area contributed by atoms with Crippen molar-refractivity contribution in [1.29, 1.82) is 0 Å². The topological polar surface area (TPSA) is 107 Å². The van der Waals surface area contributed by atoms with E-state index in [0.29, 0.717) is 0 Å². The normalized spacial score (nSPS) is 26.1. The number of rotatable bonds is 2. The van der Waals surface area contributed by atoms with Gasteiger partial charge in [-0.1, -0.05) is 0 Å². The number of nitrogens with one attached hydrogen (secondary N) is 1. The van der Waals surface area contributed by atoms with Crippen LogP contribution in [0.2, 0.25) is 0 Å². The maximum atomic E-state index is 11.1. The fourth-order valence-electron chi connectivity index (χ4n) is 1.62. The Morgan fingerprint density at radius 2 is 1.87 bits per heavy atom. The Kier molecular flexibility index (Phi) is 3.25. The number of carboxylic acid groups (broad SMARTS) is 2. The first-order valence-electron chi connectivity index (χ1n) is 4.41. The van der Waals surface area contributed by atoms with Gasteiger partial charge in [-0.15, -0.1) is 0 Å². The van der Waals surface area contributed by atoms with Crippen molar-refractivity contribution in [3.05, 3.63) is 0 Å². The van der Waals surface area contributed by atoms with Gasteiger partial charge in [-0.05, 0) is 0 Å². The molecule has 0 spiro atoms. The summed E-state index contributed by atoms with van der Waals surface area (Å²) in [6.07, 6.45) is 0. The summed E-state index contributed by atoms with van der Waals surface area (Å²) in [6.45, 7) is 1.70. The molecular weight excluding hydrogens is 204 g/mol. The number of piperazine rings is 1. The fraction of sp³-hybridized carbons (Fsp3) is 0.625. The number of nitrogens with zero attached hydrogens (tertiary/aromatic N) is 1. The molecule has 7 heteroatoms. The molecule has 1 aliphatic rings. The van der Waals surface area contributed by atoms with Gasteiger partial charge >= 0.3 is 11.9 Å². The molecule has 0 bridgehead atoms. The predicted octanol–water partition coefficient (Wildman–Crippen LogP) is -1.66. The van der Waals surface area contributed by atoms with E-state index in [2.05, 4.69) is 5.32 Å². The molecule has 0 aromatic rings. The van der Waals surface area contributed by atoms with Crippen LogP contribution in [-0.2, 0) is 14.4 Å². The summed E-state index contributed by atoms with van der Waals surface area (Å²) in [6, 6.07) is -2.59. The van der Waals surface area contributed by atoms with Gasteiger partial charge in [-0.25, -0.2) is 4.79 Å². The van der Waals surface area contributed by atoms with Crippen molar-refractivity contribution in [3.8, 4) is 0 Å². The van der Waals surface area contributed by atoms with E-state index in [4.69, 9.17) is 10.2 Å². The lowest BCUT2D eigenvalue weighted by molar-refractivity contribution is -0.158. The molecule has 0 radical (unpaired) electrons. The minimum atomic E-state index is -1.34. The maximum absolute atomic E-state index is 11.1. The van der Waals surface area contributed by atoms with E-state index in [1.54, 1.807) is 0 Å². The van der Waals surface area contributed by atoms with Gasteiger partial charge in [0.2, 0.25) is 5.91 Å². The molecule has 1 rings (SSSR count). The van der Waals surface area contributed by atoms with E-state index in [-0.39, 0.29) is 13.1 Å². The monoisotopic (exact) mass is 216 g/mol. The molecular formula is C8H12N2O5. The van der Waals surface area contributed by atoms with Crippen molar-refractivity contribution in [2.24, 2.45) is 0 Å². The number of aliphatic carboxylic acids is 2. The zero-order valence-corrected chi connectivity index (χ0v) is 8.14. The molecule has 7 nitrogen and oxygen atoms in total. The third-order valence-corrected chi connectivity index (χ3v) is 2.29. The van der Waals surface area contributed by atoms with E-state index in [0.717, 1.165) is 4.90 Å². The Bertz CT molecular complexity index is 281. The van der Waals surface area contributed by atoms with Crippen molar-refractivity contribution in [2.75, 3.05) is 13.1 Å². The molecule has 1 amide bonds. The number of amides is 1. The van der Waals surface area contributed by atoms with E-state index in [1.807, 2.05) is 0 Å². The van der Waals surface area contributed by atoms with Gasteiger partial charge in [0.25, 0.3) is 0 Å². The zero-order chi connectivity index (χ0) is 11.6. The second kappa shape index (κ2) is 4.26. The van der Waals surface area contributed by atoms with Gasteiger partial charge in [0.1, 0.15) is 6.04 Å². The van der Waals surface area contributed by atoms with Crippen LogP contribution in [-0.4, -0.2) is 58.1 Å². The highest BCUT2D eigenvalue weighted by Gasteiger charge is 2.42. The quantitative estimate of drug-likeness (QED) is 0.510. The summed E-state index contributed by atoms with van der Waals surface area (Å²) >= 11 is 0. The van der Waals surface area contributed by atoms with E-state index < -0.39 is 29.9 Å². The molecule has 0 aliphatic carbocycles. The van der Waals surface area contributed by atoms with E-state index in [9.17, 15) is 14.4 Å². The Hall–Kier alpha value is -1.63. The Morgan fingerprint density at radius 1 is 1.27 bits per heavy atom. The molecule has 2 atom stereocenters. The summed E-state index contributed by atoms with van der Waals surface area (Å²) in [7, 11) is 0. The average molecular weight is 216 g/mol. The van der Waals surface area contributed by atoms with Crippen LogP contribution < -0.4 is 5.32 Å². The lowest BCUT2D eigenvalue weighted by Crippen LogP contribution is -2.64. The summed E-state index contributed by atoms with van der Waals surface area (Å²) in [5, 5.41) is 20.2. The molecule has 1 aliphatic heterocycles. The fourth-order valence-corrected chi connectivity index (χ4v) is 1.62. The number of carbonyl (C=O) groups is 3. The Balaban J connectivity index is 2.95. The molecule has 15 heavy (non-hydrogen) atoms. The molecule has 1 saturated heterocycles. The van der Waals surface area contributed by atoms with Crippen LogP contribution in [0.4, 0.5) is 0 Å². The van der Waals surface area contributed by atoms with Crippen LogP contribution in [0.25, 0.3) is 0 Å². The number of hydrogen-bond donors (Lipinski definition) is 3. The second-order valence-corrected chi connectivity index (χ2v) is 3.27. The molecule has 1 fully saturated rings. The van der Waals surface area contributed by atoms with Crippen LogP contribution in [0.3, 0.4) is 0 Å². The van der Waals surface area contributed by atoms with Crippen LogP contribution in [0, 0.1) is 0 Å². The summed E-state index contributed by atoms with van der Waals surface area (Å²) < 4.78 is 0. The van der Waals surface area contributed by atoms with E-state index >= 15 is 0 Å². The first-order chi connectivity index (χ1) is 6.95. The molecule has 3 N–H and O–H groups in total. The predicted molar refractivity (Wildman–Crippen MR) is 48.2 cm³/mol. The Morgan fingerprint density at radius 3 is 2.27 bits per heavy atom. The SMILES string of the molecule is CC(=O)N1CCNC(C(=O)O)C1C(=O)O. The van der Waals surface area contributed by atoms with Gasteiger partial charge in [0.05, 0.1) is 0 Å². The number of carbonyl (C=O) groups excluding carboxylic acids is 1. The maximum Gasteiger partial charge on any atom is 0.328 e. The smallest absolute Gasteiger partial charge is 0.328 e. The van der Waals surface area contributed by atoms with Crippen molar-refractivity contribution in [2.45, 2.75) is 19.0 Å². The van der Waals surface area contributed by atoms with Gasteiger partial charge in [-0.2, -0.15) is 0 Å². The summed E-state index contributed by atoms with van der Waals surface area (Å²) in [4.78, 5) is 33.8. The van der Waals surface area contributed by atoms with E-state index in [1.165, 1.54) is 6.92 Å². The molecule has 0 aromatic heterocycles. The molecule has 2 unspecified atom stereocenters. The number of hydrogen-bond acceptors (Lipinski definition) is 4. The first kappa shape index (κ1) is 11.4. The highest BCUT2D eigenvalue weighted by molar-refractivity contribution is 5.89. The largest absolute Gasteiger partial charge is 0.480 e. The first-order valence-corrected chi connectivity index (χ1v) is 4.41. The second-order valence-electron chi connectivity index (χ2n) is 3.27. The van der Waals surface area contributed by atoms with Gasteiger partial charge in [0.15, 0.2) is 6.04 Å². The third kappa shape index (κ3) is 2.24. The van der Waals surface area contributed by atoms with Gasteiger partial charge in [0, 0.05) is 20.0 Å². The van der Waals surface area contributed by atoms with Crippen LogP contribution >= 0.6 is 0 Å². The molecule has 0 aromatic carbocycles. The van der Waals surface area contributed by atoms with Crippen LogP contribution in [0.5, 0.6) is 0 Å². The van der Waals surface area contributed by atoms with Crippen LogP contribution in [0.1, 0.15) is 6.92 Å². The lowest BCUT2D eigenvalue weighted by atomic mass is 10.0. The van der Waals surface area contributed by atoms with Gasteiger partial charge < -0.3 is 20.4 Å². The minimum absolute atomic E-state index is 0.204. The minimum Gasteiger partial charge on any atom is -0.480 e. The van der Waals surface area contributed by atoms with Crippen LogP contribution in [0.15, 0.2) is 0 Å². The molecule has 0 saturated carbocycles. The Labute approximate surface area is 85.7 Å². The highest BCUT2D eigenvalue weighted by Crippen LogP contribution is 2.10. The van der Waals surface area contributed by atoms with Gasteiger partial charge in [-0.3, -0.25) is 9.59 Å². The number of carboxylic acids is 2.